The maximum atomic E-state index is 9.50. The molecular formula is C11H17NO3. The summed E-state index contributed by atoms with van der Waals surface area (Å²) in [5, 5.41) is 9.50. The van der Waals surface area contributed by atoms with E-state index in [1.165, 1.54) is 0 Å². The van der Waals surface area contributed by atoms with Gasteiger partial charge in [-0.25, -0.2) is 0 Å². The van der Waals surface area contributed by atoms with Gasteiger partial charge in [-0.3, -0.25) is 0 Å². The first-order valence-electron chi connectivity index (χ1n) is 5.36. The standard InChI is InChI=1S/C11H17NO3/c12-7-9(13)11-2-1-10(15-11)8-3-5-14-6-4-8/h1-2,8-9,13H,3-7,12H2. The number of hydrogen-bond acceptors (Lipinski definition) is 4. The average molecular weight is 211 g/mol. The van der Waals surface area contributed by atoms with Gasteiger partial charge in [0.2, 0.25) is 0 Å². The molecule has 0 bridgehead atoms. The molecule has 3 N–H and O–H groups in total. The summed E-state index contributed by atoms with van der Waals surface area (Å²) in [4.78, 5) is 0. The van der Waals surface area contributed by atoms with Gasteiger partial charge in [0.15, 0.2) is 0 Å². The number of hydrogen-bond donors (Lipinski definition) is 2. The lowest BCUT2D eigenvalue weighted by molar-refractivity contribution is 0.0788. The van der Waals surface area contributed by atoms with E-state index in [9.17, 15) is 5.11 Å². The van der Waals surface area contributed by atoms with Crippen LogP contribution >= 0.6 is 0 Å². The Morgan fingerprint density at radius 2 is 2.13 bits per heavy atom. The molecule has 1 fully saturated rings. The molecule has 0 radical (unpaired) electrons. The van der Waals surface area contributed by atoms with Crippen LogP contribution in [0.2, 0.25) is 0 Å². The summed E-state index contributed by atoms with van der Waals surface area (Å²) in [6.45, 7) is 1.78. The van der Waals surface area contributed by atoms with Crippen LogP contribution in [0.1, 0.15) is 36.4 Å². The van der Waals surface area contributed by atoms with Gasteiger partial charge in [-0.05, 0) is 25.0 Å². The van der Waals surface area contributed by atoms with Crippen molar-refractivity contribution in [1.29, 1.82) is 0 Å². The van der Waals surface area contributed by atoms with Gasteiger partial charge >= 0.3 is 0 Å². The zero-order valence-electron chi connectivity index (χ0n) is 8.69. The molecule has 0 amide bonds. The summed E-state index contributed by atoms with van der Waals surface area (Å²) in [6, 6.07) is 3.74. The highest BCUT2D eigenvalue weighted by molar-refractivity contribution is 5.13. The van der Waals surface area contributed by atoms with Crippen LogP contribution in [0.4, 0.5) is 0 Å². The van der Waals surface area contributed by atoms with Gasteiger partial charge in [-0.15, -0.1) is 0 Å². The number of aliphatic hydroxyl groups excluding tert-OH is 1. The van der Waals surface area contributed by atoms with Gasteiger partial charge in [-0.2, -0.15) is 0 Å². The second-order valence-electron chi connectivity index (χ2n) is 3.88. The first kappa shape index (κ1) is 10.7. The summed E-state index contributed by atoms with van der Waals surface area (Å²) >= 11 is 0. The third-order valence-corrected chi connectivity index (χ3v) is 2.82. The Labute approximate surface area is 89.0 Å². The lowest BCUT2D eigenvalue weighted by Gasteiger charge is -2.19. The topological polar surface area (TPSA) is 68.6 Å². The molecule has 1 aliphatic rings. The molecule has 1 aliphatic heterocycles. The highest BCUT2D eigenvalue weighted by Gasteiger charge is 2.20. The largest absolute Gasteiger partial charge is 0.463 e. The molecule has 0 spiro atoms. The molecule has 1 aromatic heterocycles. The molecule has 1 atom stereocenters. The molecule has 84 valence electrons. The Morgan fingerprint density at radius 1 is 1.40 bits per heavy atom. The minimum absolute atomic E-state index is 0.195. The van der Waals surface area contributed by atoms with Crippen molar-refractivity contribution in [3.8, 4) is 0 Å². The van der Waals surface area contributed by atoms with Crippen molar-refractivity contribution in [2.45, 2.75) is 24.9 Å². The monoisotopic (exact) mass is 211 g/mol. The van der Waals surface area contributed by atoms with E-state index in [2.05, 4.69) is 0 Å². The molecule has 1 aromatic rings. The smallest absolute Gasteiger partial charge is 0.133 e. The number of ether oxygens (including phenoxy) is 1. The van der Waals surface area contributed by atoms with Crippen molar-refractivity contribution in [3.05, 3.63) is 23.7 Å². The van der Waals surface area contributed by atoms with Gasteiger partial charge < -0.3 is 20.0 Å². The summed E-state index contributed by atoms with van der Waals surface area (Å²) in [5.74, 6) is 1.94. The molecule has 15 heavy (non-hydrogen) atoms. The third kappa shape index (κ3) is 2.40. The van der Waals surface area contributed by atoms with Gasteiger partial charge in [-0.1, -0.05) is 0 Å². The summed E-state index contributed by atoms with van der Waals surface area (Å²) in [5.41, 5.74) is 5.36. The summed E-state index contributed by atoms with van der Waals surface area (Å²) in [6.07, 6.45) is 1.30. The SMILES string of the molecule is NCC(O)c1ccc(C2CCOCC2)o1. The number of nitrogens with two attached hydrogens (primary N) is 1. The quantitative estimate of drug-likeness (QED) is 0.787. The minimum atomic E-state index is -0.682. The molecule has 1 saturated heterocycles. The maximum absolute atomic E-state index is 9.50. The van der Waals surface area contributed by atoms with Crippen molar-refractivity contribution in [1.82, 2.24) is 0 Å². The fraction of sp³-hybridized carbons (Fsp3) is 0.636. The maximum Gasteiger partial charge on any atom is 0.133 e. The van der Waals surface area contributed by atoms with E-state index >= 15 is 0 Å². The number of aliphatic hydroxyl groups is 1. The van der Waals surface area contributed by atoms with Crippen LogP contribution in [0.15, 0.2) is 16.5 Å². The number of rotatable bonds is 3. The third-order valence-electron chi connectivity index (χ3n) is 2.82. The summed E-state index contributed by atoms with van der Waals surface area (Å²) < 4.78 is 10.9. The van der Waals surface area contributed by atoms with E-state index in [-0.39, 0.29) is 6.54 Å². The predicted molar refractivity (Wildman–Crippen MR) is 55.5 cm³/mol. The fourth-order valence-corrected chi connectivity index (χ4v) is 1.87. The molecule has 2 rings (SSSR count). The molecule has 0 aromatic carbocycles. The van der Waals surface area contributed by atoms with E-state index in [4.69, 9.17) is 14.9 Å². The molecule has 0 aliphatic carbocycles. The van der Waals surface area contributed by atoms with Crippen molar-refractivity contribution in [3.63, 3.8) is 0 Å². The zero-order valence-corrected chi connectivity index (χ0v) is 8.69. The van der Waals surface area contributed by atoms with E-state index < -0.39 is 6.10 Å². The van der Waals surface area contributed by atoms with Gasteiger partial charge in [0, 0.05) is 25.7 Å². The van der Waals surface area contributed by atoms with Crippen LogP contribution in [0.25, 0.3) is 0 Å². The zero-order chi connectivity index (χ0) is 10.7. The van der Waals surface area contributed by atoms with Gasteiger partial charge in [0.25, 0.3) is 0 Å². The lowest BCUT2D eigenvalue weighted by atomic mass is 9.98. The van der Waals surface area contributed by atoms with Gasteiger partial charge in [0.05, 0.1) is 0 Å². The van der Waals surface area contributed by atoms with E-state index in [0.717, 1.165) is 31.8 Å². The lowest BCUT2D eigenvalue weighted by Crippen LogP contribution is -2.13. The molecule has 1 unspecified atom stereocenters. The van der Waals surface area contributed by atoms with Crippen LogP contribution in [0.3, 0.4) is 0 Å². The summed E-state index contributed by atoms with van der Waals surface area (Å²) in [7, 11) is 0. The minimum Gasteiger partial charge on any atom is -0.463 e. The van der Waals surface area contributed by atoms with Crippen LogP contribution in [0, 0.1) is 0 Å². The Hall–Kier alpha value is -0.840. The van der Waals surface area contributed by atoms with Crippen molar-refractivity contribution >= 4 is 0 Å². The van der Waals surface area contributed by atoms with E-state index in [1.807, 2.05) is 12.1 Å². The van der Waals surface area contributed by atoms with E-state index in [1.54, 1.807) is 0 Å². The molecule has 4 heteroatoms. The van der Waals surface area contributed by atoms with Crippen LogP contribution < -0.4 is 5.73 Å². The molecular weight excluding hydrogens is 194 g/mol. The Balaban J connectivity index is 2.05. The van der Waals surface area contributed by atoms with E-state index in [0.29, 0.717) is 11.7 Å². The van der Waals surface area contributed by atoms with Crippen molar-refractivity contribution in [2.75, 3.05) is 19.8 Å². The fourth-order valence-electron chi connectivity index (χ4n) is 1.87. The van der Waals surface area contributed by atoms with Crippen LogP contribution in [0.5, 0.6) is 0 Å². The van der Waals surface area contributed by atoms with Gasteiger partial charge in [0.1, 0.15) is 17.6 Å². The second kappa shape index (κ2) is 4.79. The first-order valence-corrected chi connectivity index (χ1v) is 5.36. The average Bonchev–Trinajstić information content (AvgIpc) is 2.78. The van der Waals surface area contributed by atoms with Crippen molar-refractivity contribution < 1.29 is 14.3 Å². The molecule has 2 heterocycles. The van der Waals surface area contributed by atoms with Crippen LogP contribution in [-0.4, -0.2) is 24.9 Å². The normalized spacial score (nSPS) is 20.4. The Morgan fingerprint density at radius 3 is 2.80 bits per heavy atom. The Bertz CT molecular complexity index is 305. The predicted octanol–water partition coefficient (Wildman–Crippen LogP) is 1.17. The number of furan rings is 1. The Kier molecular flexibility index (Phi) is 3.41. The highest BCUT2D eigenvalue weighted by Crippen LogP contribution is 2.29. The van der Waals surface area contributed by atoms with Crippen LogP contribution in [-0.2, 0) is 4.74 Å². The molecule has 0 saturated carbocycles. The highest BCUT2D eigenvalue weighted by atomic mass is 16.5. The first-order chi connectivity index (χ1) is 7.31. The second-order valence-corrected chi connectivity index (χ2v) is 3.88. The molecule has 4 nitrogen and oxygen atoms in total. The van der Waals surface area contributed by atoms with Crippen molar-refractivity contribution in [2.24, 2.45) is 5.73 Å².